The van der Waals surface area contributed by atoms with Gasteiger partial charge in [-0.05, 0) is 12.1 Å². The van der Waals surface area contributed by atoms with Crippen LogP contribution in [0.3, 0.4) is 0 Å². The Morgan fingerprint density at radius 3 is 2.50 bits per heavy atom. The molecule has 0 saturated carbocycles. The van der Waals surface area contributed by atoms with Crippen molar-refractivity contribution >= 4 is 6.08 Å². The monoisotopic (exact) mass is 136 g/mol. The van der Waals surface area contributed by atoms with E-state index in [1.165, 1.54) is 18.2 Å². The van der Waals surface area contributed by atoms with Gasteiger partial charge in [-0.15, -0.1) is 0 Å². The van der Waals surface area contributed by atoms with Crippen LogP contribution in [0.25, 0.3) is 6.08 Å². The SMILES string of the molecule is C=Cc1ccc(O)cc1O. The number of aromatic hydroxyl groups is 2. The zero-order valence-corrected chi connectivity index (χ0v) is 5.41. The summed E-state index contributed by atoms with van der Waals surface area (Å²) in [5.74, 6) is 0.109. The summed E-state index contributed by atoms with van der Waals surface area (Å²) in [4.78, 5) is 0. The van der Waals surface area contributed by atoms with Crippen LogP contribution in [0.2, 0.25) is 0 Å². The molecule has 1 aromatic carbocycles. The molecule has 0 aliphatic rings. The molecule has 0 amide bonds. The maximum Gasteiger partial charge on any atom is 0.126 e. The summed E-state index contributed by atoms with van der Waals surface area (Å²) in [5.41, 5.74) is 0.623. The van der Waals surface area contributed by atoms with Crippen molar-refractivity contribution in [1.82, 2.24) is 0 Å². The van der Waals surface area contributed by atoms with Gasteiger partial charge in [0, 0.05) is 11.6 Å². The molecule has 0 spiro atoms. The standard InChI is InChI=1S/C8H8O2/c1-2-6-3-4-7(9)5-8(6)10/h2-5,9-10H,1H2. The van der Waals surface area contributed by atoms with E-state index in [1.54, 1.807) is 6.07 Å². The molecule has 2 nitrogen and oxygen atoms in total. The molecule has 2 heteroatoms. The van der Waals surface area contributed by atoms with Gasteiger partial charge in [-0.3, -0.25) is 0 Å². The van der Waals surface area contributed by atoms with Crippen LogP contribution in [-0.4, -0.2) is 10.2 Å². The van der Waals surface area contributed by atoms with Gasteiger partial charge in [0.2, 0.25) is 0 Å². The van der Waals surface area contributed by atoms with E-state index in [2.05, 4.69) is 6.58 Å². The number of benzene rings is 1. The van der Waals surface area contributed by atoms with Crippen molar-refractivity contribution in [3.05, 3.63) is 30.3 Å². The molecule has 0 fully saturated rings. The maximum atomic E-state index is 9.06. The van der Waals surface area contributed by atoms with E-state index in [0.29, 0.717) is 5.56 Å². The fourth-order valence-corrected chi connectivity index (χ4v) is 0.705. The largest absolute Gasteiger partial charge is 0.508 e. The first-order chi connectivity index (χ1) is 4.74. The molecule has 0 aliphatic heterocycles. The molecule has 0 heterocycles. The van der Waals surface area contributed by atoms with Gasteiger partial charge >= 0.3 is 0 Å². The highest BCUT2D eigenvalue weighted by Gasteiger charge is 1.95. The Labute approximate surface area is 59.1 Å². The summed E-state index contributed by atoms with van der Waals surface area (Å²) in [6.07, 6.45) is 1.52. The fourth-order valence-electron chi connectivity index (χ4n) is 0.705. The summed E-state index contributed by atoms with van der Waals surface area (Å²) in [6.45, 7) is 3.48. The predicted molar refractivity (Wildman–Crippen MR) is 39.9 cm³/mol. The Hall–Kier alpha value is -1.44. The normalized spacial score (nSPS) is 9.20. The summed E-state index contributed by atoms with van der Waals surface area (Å²) >= 11 is 0. The van der Waals surface area contributed by atoms with Crippen LogP contribution < -0.4 is 0 Å². The molecule has 1 rings (SSSR count). The highest BCUT2D eigenvalue weighted by Crippen LogP contribution is 2.22. The van der Waals surface area contributed by atoms with Crippen molar-refractivity contribution in [3.8, 4) is 11.5 Å². The van der Waals surface area contributed by atoms with Gasteiger partial charge in [-0.1, -0.05) is 12.7 Å². The minimum absolute atomic E-state index is 0.0509. The average Bonchev–Trinajstić information content (AvgIpc) is 1.88. The Morgan fingerprint density at radius 2 is 2.00 bits per heavy atom. The molecule has 2 N–H and O–H groups in total. The third-order valence-corrected chi connectivity index (χ3v) is 1.23. The molecular formula is C8H8O2. The number of rotatable bonds is 1. The van der Waals surface area contributed by atoms with Crippen LogP contribution in [0.5, 0.6) is 11.5 Å². The van der Waals surface area contributed by atoms with E-state index in [-0.39, 0.29) is 11.5 Å². The summed E-state index contributed by atoms with van der Waals surface area (Å²) in [7, 11) is 0. The quantitative estimate of drug-likeness (QED) is 0.617. The van der Waals surface area contributed by atoms with E-state index in [0.717, 1.165) is 0 Å². The number of phenolic OH excluding ortho intramolecular Hbond substituents is 2. The van der Waals surface area contributed by atoms with Gasteiger partial charge in [0.05, 0.1) is 0 Å². The summed E-state index contributed by atoms with van der Waals surface area (Å²) in [6, 6.07) is 4.37. The highest BCUT2D eigenvalue weighted by molar-refractivity contribution is 5.56. The van der Waals surface area contributed by atoms with Crippen molar-refractivity contribution in [3.63, 3.8) is 0 Å². The van der Waals surface area contributed by atoms with Crippen LogP contribution in [0.1, 0.15) is 5.56 Å². The Morgan fingerprint density at radius 1 is 1.30 bits per heavy atom. The van der Waals surface area contributed by atoms with Crippen molar-refractivity contribution in [2.45, 2.75) is 0 Å². The first-order valence-electron chi connectivity index (χ1n) is 2.88. The van der Waals surface area contributed by atoms with Gasteiger partial charge in [-0.2, -0.15) is 0 Å². The lowest BCUT2D eigenvalue weighted by Crippen LogP contribution is -1.72. The van der Waals surface area contributed by atoms with Crippen LogP contribution in [0, 0.1) is 0 Å². The Balaban J connectivity index is 3.19. The molecule has 1 aromatic rings. The maximum absolute atomic E-state index is 9.06. The lowest BCUT2D eigenvalue weighted by Gasteiger charge is -1.97. The lowest BCUT2D eigenvalue weighted by atomic mass is 10.2. The van der Waals surface area contributed by atoms with E-state index >= 15 is 0 Å². The highest BCUT2D eigenvalue weighted by atomic mass is 16.3. The number of phenols is 2. The fraction of sp³-hybridized carbons (Fsp3) is 0. The third kappa shape index (κ3) is 1.10. The van der Waals surface area contributed by atoms with Crippen molar-refractivity contribution < 1.29 is 10.2 Å². The zero-order valence-electron chi connectivity index (χ0n) is 5.41. The lowest BCUT2D eigenvalue weighted by molar-refractivity contribution is 0.450. The molecule has 0 radical (unpaired) electrons. The second kappa shape index (κ2) is 2.43. The molecule has 0 bridgehead atoms. The van der Waals surface area contributed by atoms with Gasteiger partial charge in [-0.25, -0.2) is 0 Å². The van der Waals surface area contributed by atoms with Crippen molar-refractivity contribution in [2.75, 3.05) is 0 Å². The minimum Gasteiger partial charge on any atom is -0.508 e. The molecule has 0 aliphatic carbocycles. The second-order valence-corrected chi connectivity index (χ2v) is 1.95. The number of hydrogen-bond donors (Lipinski definition) is 2. The average molecular weight is 136 g/mol. The second-order valence-electron chi connectivity index (χ2n) is 1.95. The van der Waals surface area contributed by atoms with E-state index in [4.69, 9.17) is 10.2 Å². The third-order valence-electron chi connectivity index (χ3n) is 1.23. The van der Waals surface area contributed by atoms with Gasteiger partial charge in [0.1, 0.15) is 11.5 Å². The molecule has 0 unspecified atom stereocenters. The van der Waals surface area contributed by atoms with Crippen molar-refractivity contribution in [1.29, 1.82) is 0 Å². The Bertz CT molecular complexity index is 253. The van der Waals surface area contributed by atoms with Gasteiger partial charge in [0.15, 0.2) is 0 Å². The van der Waals surface area contributed by atoms with Crippen LogP contribution >= 0.6 is 0 Å². The first kappa shape index (κ1) is 6.68. The van der Waals surface area contributed by atoms with E-state index in [9.17, 15) is 0 Å². The minimum atomic E-state index is 0.0509. The summed E-state index contributed by atoms with van der Waals surface area (Å²) in [5, 5.41) is 17.9. The Kier molecular flexibility index (Phi) is 1.63. The van der Waals surface area contributed by atoms with Crippen LogP contribution in [0.4, 0.5) is 0 Å². The van der Waals surface area contributed by atoms with Crippen LogP contribution in [-0.2, 0) is 0 Å². The van der Waals surface area contributed by atoms with Gasteiger partial charge in [0.25, 0.3) is 0 Å². The first-order valence-corrected chi connectivity index (χ1v) is 2.88. The predicted octanol–water partition coefficient (Wildman–Crippen LogP) is 1.74. The smallest absolute Gasteiger partial charge is 0.126 e. The molecule has 0 aromatic heterocycles. The van der Waals surface area contributed by atoms with E-state index < -0.39 is 0 Å². The molecule has 52 valence electrons. The number of hydrogen-bond acceptors (Lipinski definition) is 2. The topological polar surface area (TPSA) is 40.5 Å². The molecule has 0 atom stereocenters. The zero-order chi connectivity index (χ0) is 7.56. The molecule has 10 heavy (non-hydrogen) atoms. The summed E-state index contributed by atoms with van der Waals surface area (Å²) < 4.78 is 0. The van der Waals surface area contributed by atoms with E-state index in [1.807, 2.05) is 0 Å². The van der Waals surface area contributed by atoms with Crippen molar-refractivity contribution in [2.24, 2.45) is 0 Å². The van der Waals surface area contributed by atoms with Crippen LogP contribution in [0.15, 0.2) is 24.8 Å². The molecular weight excluding hydrogens is 128 g/mol. The van der Waals surface area contributed by atoms with Gasteiger partial charge < -0.3 is 10.2 Å². The molecule has 0 saturated heterocycles.